The van der Waals surface area contributed by atoms with Crippen LogP contribution in [0.4, 0.5) is 4.39 Å². The summed E-state index contributed by atoms with van der Waals surface area (Å²) < 4.78 is 13.2. The maximum Gasteiger partial charge on any atom is 0.226 e. The van der Waals surface area contributed by atoms with Crippen LogP contribution < -0.4 is 10.6 Å². The minimum Gasteiger partial charge on any atom is -0.392 e. The van der Waals surface area contributed by atoms with Gasteiger partial charge in [0.25, 0.3) is 0 Å². The fourth-order valence-corrected chi connectivity index (χ4v) is 4.09. The number of nitrogens with one attached hydrogen (secondary N) is 2. The summed E-state index contributed by atoms with van der Waals surface area (Å²) in [6.07, 6.45) is 6.08. The molecule has 3 heterocycles. The summed E-state index contributed by atoms with van der Waals surface area (Å²) in [5.41, 5.74) is 2.15. The number of benzene rings is 1. The van der Waals surface area contributed by atoms with Gasteiger partial charge < -0.3 is 15.5 Å². The van der Waals surface area contributed by atoms with Crippen LogP contribution in [0.3, 0.4) is 0 Å². The lowest BCUT2D eigenvalue weighted by Gasteiger charge is -2.37. The van der Waals surface area contributed by atoms with Gasteiger partial charge in [-0.1, -0.05) is 23.4 Å². The van der Waals surface area contributed by atoms with Crippen LogP contribution in [0.15, 0.2) is 53.9 Å². The van der Waals surface area contributed by atoms with E-state index in [2.05, 4.69) is 20.8 Å². The summed E-state index contributed by atoms with van der Waals surface area (Å²) in [5.74, 6) is -0.217. The monoisotopic (exact) mass is 396 g/mol. The standard InChI is InChI=1S/C22H25FN4O2/c23-18-5-3-17(4-6-18)20-12-19(29-27-20)13-22(7-10-24-11-8-22)21(28)26-15-16-2-1-9-25-14-16/h1-6,9,14,19,24H,7-8,10-13,15H2,(H,26,28). The number of pyridine rings is 1. The first-order chi connectivity index (χ1) is 14.1. The van der Waals surface area contributed by atoms with E-state index in [9.17, 15) is 9.18 Å². The molecule has 1 atom stereocenters. The van der Waals surface area contributed by atoms with E-state index in [0.29, 0.717) is 19.4 Å². The molecule has 0 saturated carbocycles. The Hall–Kier alpha value is -2.80. The van der Waals surface area contributed by atoms with Crippen LogP contribution in [0.2, 0.25) is 0 Å². The van der Waals surface area contributed by atoms with Gasteiger partial charge in [-0.2, -0.15) is 0 Å². The second-order valence-corrected chi connectivity index (χ2v) is 7.75. The van der Waals surface area contributed by atoms with Crippen LogP contribution in [-0.2, 0) is 16.2 Å². The lowest BCUT2D eigenvalue weighted by atomic mass is 9.73. The predicted octanol–water partition coefficient (Wildman–Crippen LogP) is 2.79. The normalized spacial score (nSPS) is 20.6. The van der Waals surface area contributed by atoms with Crippen molar-refractivity contribution < 1.29 is 14.0 Å². The minimum atomic E-state index is -0.480. The van der Waals surface area contributed by atoms with Crippen molar-refractivity contribution in [2.45, 2.75) is 38.3 Å². The van der Waals surface area contributed by atoms with Gasteiger partial charge in [0.15, 0.2) is 0 Å². The van der Waals surface area contributed by atoms with Gasteiger partial charge >= 0.3 is 0 Å². The van der Waals surface area contributed by atoms with E-state index in [0.717, 1.165) is 42.8 Å². The highest BCUT2D eigenvalue weighted by molar-refractivity contribution is 6.01. The number of hydrogen-bond donors (Lipinski definition) is 2. The number of carbonyl (C=O) groups excluding carboxylic acids is 1. The molecule has 29 heavy (non-hydrogen) atoms. The van der Waals surface area contributed by atoms with Crippen LogP contribution in [-0.4, -0.2) is 35.8 Å². The number of halogens is 1. The van der Waals surface area contributed by atoms with Crippen molar-refractivity contribution in [3.63, 3.8) is 0 Å². The van der Waals surface area contributed by atoms with Crippen molar-refractivity contribution in [3.05, 3.63) is 65.7 Å². The molecule has 2 aliphatic rings. The molecule has 2 N–H and O–H groups in total. The molecule has 2 aliphatic heterocycles. The van der Waals surface area contributed by atoms with E-state index >= 15 is 0 Å². The summed E-state index contributed by atoms with van der Waals surface area (Å²) >= 11 is 0. The van der Waals surface area contributed by atoms with E-state index < -0.39 is 5.41 Å². The van der Waals surface area contributed by atoms with Crippen molar-refractivity contribution in [3.8, 4) is 0 Å². The van der Waals surface area contributed by atoms with Gasteiger partial charge in [0, 0.05) is 31.8 Å². The lowest BCUT2D eigenvalue weighted by molar-refractivity contribution is -0.135. The fourth-order valence-electron chi connectivity index (χ4n) is 4.09. The van der Waals surface area contributed by atoms with Crippen LogP contribution >= 0.6 is 0 Å². The molecular weight excluding hydrogens is 371 g/mol. The molecule has 1 aromatic carbocycles. The molecule has 1 saturated heterocycles. The third-order valence-corrected chi connectivity index (χ3v) is 5.75. The minimum absolute atomic E-state index is 0.0571. The summed E-state index contributed by atoms with van der Waals surface area (Å²) in [5, 5.41) is 10.6. The highest BCUT2D eigenvalue weighted by Crippen LogP contribution is 2.37. The van der Waals surface area contributed by atoms with Gasteiger partial charge in [-0.3, -0.25) is 9.78 Å². The molecule has 7 heteroatoms. The highest BCUT2D eigenvalue weighted by atomic mass is 19.1. The zero-order chi connectivity index (χ0) is 20.1. The Kier molecular flexibility index (Phi) is 5.85. The number of oxime groups is 1. The van der Waals surface area contributed by atoms with E-state index in [-0.39, 0.29) is 17.8 Å². The molecule has 4 rings (SSSR count). The Labute approximate surface area is 169 Å². The number of carbonyl (C=O) groups is 1. The number of hydrogen-bond acceptors (Lipinski definition) is 5. The Morgan fingerprint density at radius 1 is 1.24 bits per heavy atom. The zero-order valence-corrected chi connectivity index (χ0v) is 16.2. The van der Waals surface area contributed by atoms with Crippen molar-refractivity contribution in [2.24, 2.45) is 10.6 Å². The zero-order valence-electron chi connectivity index (χ0n) is 16.2. The summed E-state index contributed by atoms with van der Waals surface area (Å²) in [4.78, 5) is 22.9. The van der Waals surface area contributed by atoms with Gasteiger partial charge in [-0.05, 0) is 55.3 Å². The van der Waals surface area contributed by atoms with Crippen molar-refractivity contribution in [1.82, 2.24) is 15.6 Å². The summed E-state index contributed by atoms with van der Waals surface area (Å²) in [6, 6.07) is 10.1. The average Bonchev–Trinajstić information content (AvgIpc) is 3.22. The van der Waals surface area contributed by atoms with E-state index in [4.69, 9.17) is 4.84 Å². The molecule has 1 unspecified atom stereocenters. The number of rotatable bonds is 6. The van der Waals surface area contributed by atoms with E-state index in [1.165, 1.54) is 12.1 Å². The third kappa shape index (κ3) is 4.62. The number of amides is 1. The van der Waals surface area contributed by atoms with Crippen LogP contribution in [0.25, 0.3) is 0 Å². The van der Waals surface area contributed by atoms with Crippen molar-refractivity contribution in [1.29, 1.82) is 0 Å². The van der Waals surface area contributed by atoms with Gasteiger partial charge in [-0.25, -0.2) is 4.39 Å². The number of aromatic nitrogens is 1. The average molecular weight is 396 g/mol. The molecule has 0 radical (unpaired) electrons. The molecule has 0 bridgehead atoms. The van der Waals surface area contributed by atoms with Crippen LogP contribution in [0.1, 0.15) is 36.8 Å². The Morgan fingerprint density at radius 2 is 2.03 bits per heavy atom. The maximum absolute atomic E-state index is 13.2. The summed E-state index contributed by atoms with van der Waals surface area (Å²) in [6.45, 7) is 2.07. The molecule has 0 spiro atoms. The lowest BCUT2D eigenvalue weighted by Crippen LogP contribution is -2.49. The van der Waals surface area contributed by atoms with Gasteiger partial charge in [0.1, 0.15) is 11.9 Å². The van der Waals surface area contributed by atoms with E-state index in [1.807, 2.05) is 12.1 Å². The summed E-state index contributed by atoms with van der Waals surface area (Å²) in [7, 11) is 0. The molecular formula is C22H25FN4O2. The van der Waals surface area contributed by atoms with Gasteiger partial charge in [0.2, 0.25) is 5.91 Å². The largest absolute Gasteiger partial charge is 0.392 e. The quantitative estimate of drug-likeness (QED) is 0.787. The molecule has 0 aliphatic carbocycles. The van der Waals surface area contributed by atoms with Crippen molar-refractivity contribution in [2.75, 3.05) is 13.1 Å². The second-order valence-electron chi connectivity index (χ2n) is 7.75. The van der Waals surface area contributed by atoms with Gasteiger partial charge in [0.05, 0.1) is 11.1 Å². The molecule has 1 amide bonds. The van der Waals surface area contributed by atoms with Crippen LogP contribution in [0, 0.1) is 11.2 Å². The van der Waals surface area contributed by atoms with Crippen molar-refractivity contribution >= 4 is 11.6 Å². The number of nitrogens with zero attached hydrogens (tertiary/aromatic N) is 2. The predicted molar refractivity (Wildman–Crippen MR) is 108 cm³/mol. The Morgan fingerprint density at radius 3 is 2.76 bits per heavy atom. The topological polar surface area (TPSA) is 75.6 Å². The first-order valence-corrected chi connectivity index (χ1v) is 10.0. The Balaban J connectivity index is 1.40. The second kappa shape index (κ2) is 8.69. The molecule has 1 aromatic heterocycles. The first-order valence-electron chi connectivity index (χ1n) is 10.0. The Bertz CT molecular complexity index is 864. The molecule has 6 nitrogen and oxygen atoms in total. The third-order valence-electron chi connectivity index (χ3n) is 5.75. The van der Waals surface area contributed by atoms with Gasteiger partial charge in [-0.15, -0.1) is 0 Å². The van der Waals surface area contributed by atoms with E-state index in [1.54, 1.807) is 24.5 Å². The fraction of sp³-hybridized carbons (Fsp3) is 0.409. The first kappa shape index (κ1) is 19.5. The van der Waals surface area contributed by atoms with Crippen LogP contribution in [0.5, 0.6) is 0 Å². The molecule has 2 aromatic rings. The SMILES string of the molecule is O=C(NCc1cccnc1)C1(CC2CC(c3ccc(F)cc3)=NO2)CCNCC1. The molecule has 1 fully saturated rings. The molecule has 152 valence electrons. The number of piperidine rings is 1. The maximum atomic E-state index is 13.2. The smallest absolute Gasteiger partial charge is 0.226 e. The highest BCUT2D eigenvalue weighted by Gasteiger charge is 2.43.